The van der Waals surface area contributed by atoms with Gasteiger partial charge in [0.1, 0.15) is 0 Å². The molecule has 1 saturated heterocycles. The first-order valence-electron chi connectivity index (χ1n) is 8.32. The minimum absolute atomic E-state index is 0.0524. The molecule has 5 heteroatoms. The van der Waals surface area contributed by atoms with Gasteiger partial charge in [-0.1, -0.05) is 19.3 Å². The molecule has 1 aliphatic heterocycles. The molecule has 0 aromatic carbocycles. The number of carbonyl (C=O) groups excluding carboxylic acids is 1. The molecule has 0 bridgehead atoms. The van der Waals surface area contributed by atoms with Crippen molar-refractivity contribution in [3.8, 4) is 0 Å². The summed E-state index contributed by atoms with van der Waals surface area (Å²) >= 11 is 0. The third kappa shape index (κ3) is 4.74. The summed E-state index contributed by atoms with van der Waals surface area (Å²) in [5, 5.41) is 10.3. The standard InChI is InChI=1S/C16H30N2O3/c1-11-8-18(9-12(2)21-11)10-14(19)15(17)16(20)13-6-4-3-5-7-13/h11-15,19H,3-10,17H2,1-2H3/t11?,12?,14?,15-/m1/s1. The van der Waals surface area contributed by atoms with Crippen LogP contribution in [0.3, 0.4) is 0 Å². The van der Waals surface area contributed by atoms with Crippen LogP contribution < -0.4 is 5.73 Å². The molecule has 2 rings (SSSR count). The highest BCUT2D eigenvalue weighted by Gasteiger charge is 2.32. The van der Waals surface area contributed by atoms with Crippen LogP contribution in [0.5, 0.6) is 0 Å². The molecule has 0 spiro atoms. The number of ketones is 1. The predicted molar refractivity (Wildman–Crippen MR) is 82.0 cm³/mol. The number of aliphatic hydroxyl groups is 1. The fourth-order valence-electron chi connectivity index (χ4n) is 3.66. The van der Waals surface area contributed by atoms with Crippen molar-refractivity contribution in [3.63, 3.8) is 0 Å². The summed E-state index contributed by atoms with van der Waals surface area (Å²) in [7, 11) is 0. The summed E-state index contributed by atoms with van der Waals surface area (Å²) in [6.45, 7) is 6.08. The maximum Gasteiger partial charge on any atom is 0.155 e. The Morgan fingerprint density at radius 3 is 2.38 bits per heavy atom. The van der Waals surface area contributed by atoms with Crippen LogP contribution in [0.4, 0.5) is 0 Å². The number of β-amino-alcohol motifs (C(OH)–C–C–N with tert-alkyl or cyclic N) is 1. The van der Waals surface area contributed by atoms with E-state index >= 15 is 0 Å². The lowest BCUT2D eigenvalue weighted by Crippen LogP contribution is -2.54. The number of nitrogens with two attached hydrogens (primary N) is 1. The number of nitrogens with zero attached hydrogens (tertiary/aromatic N) is 1. The zero-order chi connectivity index (χ0) is 15.4. The van der Waals surface area contributed by atoms with Crippen LogP contribution >= 0.6 is 0 Å². The molecule has 0 aromatic rings. The minimum Gasteiger partial charge on any atom is -0.390 e. The van der Waals surface area contributed by atoms with Crippen LogP contribution in [0.25, 0.3) is 0 Å². The second-order valence-electron chi connectivity index (χ2n) is 6.81. The van der Waals surface area contributed by atoms with Gasteiger partial charge in [0.15, 0.2) is 5.78 Å². The van der Waals surface area contributed by atoms with Crippen molar-refractivity contribution in [2.45, 2.75) is 70.3 Å². The molecular weight excluding hydrogens is 268 g/mol. The molecule has 21 heavy (non-hydrogen) atoms. The molecule has 0 amide bonds. The molecule has 122 valence electrons. The Hall–Kier alpha value is -0.490. The van der Waals surface area contributed by atoms with Crippen molar-refractivity contribution in [1.29, 1.82) is 0 Å². The minimum atomic E-state index is -0.781. The summed E-state index contributed by atoms with van der Waals surface area (Å²) in [5.74, 6) is 0.113. The van der Waals surface area contributed by atoms with Gasteiger partial charge in [-0.25, -0.2) is 0 Å². The normalized spacial score (nSPS) is 31.8. The fraction of sp³-hybridized carbons (Fsp3) is 0.938. The van der Waals surface area contributed by atoms with Crippen molar-refractivity contribution in [3.05, 3.63) is 0 Å². The zero-order valence-electron chi connectivity index (χ0n) is 13.3. The monoisotopic (exact) mass is 298 g/mol. The van der Waals surface area contributed by atoms with Crippen LogP contribution in [0, 0.1) is 5.92 Å². The van der Waals surface area contributed by atoms with Crippen molar-refractivity contribution in [2.75, 3.05) is 19.6 Å². The SMILES string of the molecule is CC1CN(CC(O)[C@@H](N)C(=O)C2CCCCC2)CC(C)O1. The summed E-state index contributed by atoms with van der Waals surface area (Å²) in [6, 6.07) is -0.749. The number of hydrogen-bond acceptors (Lipinski definition) is 5. The molecule has 5 nitrogen and oxygen atoms in total. The first-order valence-corrected chi connectivity index (χ1v) is 8.32. The van der Waals surface area contributed by atoms with Crippen molar-refractivity contribution in [1.82, 2.24) is 4.90 Å². The average Bonchev–Trinajstić information content (AvgIpc) is 2.45. The lowest BCUT2D eigenvalue weighted by Gasteiger charge is -2.37. The summed E-state index contributed by atoms with van der Waals surface area (Å²) in [4.78, 5) is 14.5. The fourth-order valence-corrected chi connectivity index (χ4v) is 3.66. The van der Waals surface area contributed by atoms with Gasteiger partial charge in [0.05, 0.1) is 24.4 Å². The average molecular weight is 298 g/mol. The number of ether oxygens (including phenoxy) is 1. The highest BCUT2D eigenvalue weighted by atomic mass is 16.5. The molecular formula is C16H30N2O3. The molecule has 1 aliphatic carbocycles. The molecule has 1 heterocycles. The van der Waals surface area contributed by atoms with Crippen LogP contribution in [0.15, 0.2) is 0 Å². The first-order chi connectivity index (χ1) is 9.97. The van der Waals surface area contributed by atoms with Gasteiger partial charge in [0.25, 0.3) is 0 Å². The Morgan fingerprint density at radius 1 is 1.24 bits per heavy atom. The van der Waals surface area contributed by atoms with Gasteiger partial charge in [-0.15, -0.1) is 0 Å². The van der Waals surface area contributed by atoms with E-state index in [9.17, 15) is 9.90 Å². The predicted octanol–water partition coefficient (Wildman–Crippen LogP) is 0.933. The van der Waals surface area contributed by atoms with Gasteiger partial charge in [-0.2, -0.15) is 0 Å². The Balaban J connectivity index is 1.83. The number of hydrogen-bond donors (Lipinski definition) is 2. The third-order valence-electron chi connectivity index (χ3n) is 4.69. The van der Waals surface area contributed by atoms with Crippen molar-refractivity contribution < 1.29 is 14.6 Å². The number of Topliss-reactive ketones (excluding diaryl/α,β-unsaturated/α-hetero) is 1. The summed E-state index contributed by atoms with van der Waals surface area (Å²) in [6.07, 6.45) is 4.84. The van der Waals surface area contributed by atoms with E-state index in [4.69, 9.17) is 10.5 Å². The van der Waals surface area contributed by atoms with Crippen molar-refractivity contribution in [2.24, 2.45) is 11.7 Å². The van der Waals surface area contributed by atoms with Crippen LogP contribution in [0.1, 0.15) is 46.0 Å². The van der Waals surface area contributed by atoms with Gasteiger partial charge >= 0.3 is 0 Å². The Bertz CT molecular complexity index is 334. The molecule has 2 fully saturated rings. The maximum absolute atomic E-state index is 12.4. The summed E-state index contributed by atoms with van der Waals surface area (Å²) in [5.41, 5.74) is 6.02. The van der Waals surface area contributed by atoms with E-state index in [1.165, 1.54) is 6.42 Å². The van der Waals surface area contributed by atoms with E-state index in [-0.39, 0.29) is 23.9 Å². The third-order valence-corrected chi connectivity index (χ3v) is 4.69. The van der Waals surface area contributed by atoms with Crippen LogP contribution in [-0.4, -0.2) is 59.8 Å². The van der Waals surface area contributed by atoms with E-state index < -0.39 is 12.1 Å². The number of rotatable bonds is 5. The second-order valence-corrected chi connectivity index (χ2v) is 6.81. The van der Waals surface area contributed by atoms with Crippen molar-refractivity contribution >= 4 is 5.78 Å². The smallest absolute Gasteiger partial charge is 0.155 e. The number of carbonyl (C=O) groups is 1. The number of morpholine rings is 1. The maximum atomic E-state index is 12.4. The lowest BCUT2D eigenvalue weighted by atomic mass is 9.83. The highest BCUT2D eigenvalue weighted by molar-refractivity contribution is 5.86. The first kappa shape index (κ1) is 16.9. The Morgan fingerprint density at radius 2 is 1.81 bits per heavy atom. The molecule has 0 aromatic heterocycles. The molecule has 3 unspecified atom stereocenters. The zero-order valence-corrected chi connectivity index (χ0v) is 13.3. The number of aliphatic hydroxyl groups excluding tert-OH is 1. The molecule has 4 atom stereocenters. The topological polar surface area (TPSA) is 75.8 Å². The molecule has 3 N–H and O–H groups in total. The van der Waals surface area contributed by atoms with Gasteiger partial charge in [0.2, 0.25) is 0 Å². The molecule has 0 radical (unpaired) electrons. The van der Waals surface area contributed by atoms with Gasteiger partial charge in [0, 0.05) is 25.6 Å². The van der Waals surface area contributed by atoms with Gasteiger partial charge < -0.3 is 15.6 Å². The van der Waals surface area contributed by atoms with Gasteiger partial charge in [-0.05, 0) is 26.7 Å². The highest BCUT2D eigenvalue weighted by Crippen LogP contribution is 2.25. The van der Waals surface area contributed by atoms with E-state index in [1.807, 2.05) is 13.8 Å². The Labute approximate surface area is 127 Å². The quantitative estimate of drug-likeness (QED) is 0.790. The van der Waals surface area contributed by atoms with E-state index in [1.54, 1.807) is 0 Å². The largest absolute Gasteiger partial charge is 0.390 e. The van der Waals surface area contributed by atoms with E-state index in [0.717, 1.165) is 38.8 Å². The van der Waals surface area contributed by atoms with Crippen LogP contribution in [-0.2, 0) is 9.53 Å². The second kappa shape index (κ2) is 7.68. The summed E-state index contributed by atoms with van der Waals surface area (Å²) < 4.78 is 5.68. The van der Waals surface area contributed by atoms with E-state index in [2.05, 4.69) is 4.90 Å². The Kier molecular flexibility index (Phi) is 6.17. The van der Waals surface area contributed by atoms with E-state index in [0.29, 0.717) is 6.54 Å². The molecule has 2 aliphatic rings. The lowest BCUT2D eigenvalue weighted by molar-refractivity contribution is -0.128. The van der Waals surface area contributed by atoms with Crippen LogP contribution in [0.2, 0.25) is 0 Å². The van der Waals surface area contributed by atoms with Gasteiger partial charge in [-0.3, -0.25) is 9.69 Å². The molecule has 1 saturated carbocycles.